The van der Waals surface area contributed by atoms with E-state index in [-0.39, 0.29) is 24.3 Å². The second kappa shape index (κ2) is 4.76. The molecule has 1 aromatic carbocycles. The van der Waals surface area contributed by atoms with Gasteiger partial charge < -0.3 is 16.0 Å². The highest BCUT2D eigenvalue weighted by molar-refractivity contribution is 6.05. The van der Waals surface area contributed by atoms with Crippen molar-refractivity contribution in [3.05, 3.63) is 17.7 Å². The average molecular weight is 288 g/mol. The van der Waals surface area contributed by atoms with Gasteiger partial charge in [-0.05, 0) is 31.0 Å². The van der Waals surface area contributed by atoms with Crippen LogP contribution >= 0.6 is 0 Å². The number of nitrogens with two attached hydrogens (primary N) is 1. The van der Waals surface area contributed by atoms with Crippen molar-refractivity contribution >= 4 is 34.8 Å². The SMILES string of the molecule is CC1C(=O)NC(=O)CN1c1cc2c(cc1N)NC(=O)CC2. The van der Waals surface area contributed by atoms with E-state index in [2.05, 4.69) is 10.6 Å². The summed E-state index contributed by atoms with van der Waals surface area (Å²) in [4.78, 5) is 36.4. The van der Waals surface area contributed by atoms with Crippen LogP contribution in [0.4, 0.5) is 17.1 Å². The Morgan fingerprint density at radius 1 is 1.14 bits per heavy atom. The summed E-state index contributed by atoms with van der Waals surface area (Å²) in [6, 6.07) is 3.07. The van der Waals surface area contributed by atoms with Crippen molar-refractivity contribution in [2.24, 2.45) is 0 Å². The number of carbonyl (C=O) groups is 3. The number of imide groups is 1. The number of aryl methyl sites for hydroxylation is 1. The Hall–Kier alpha value is -2.57. The van der Waals surface area contributed by atoms with Gasteiger partial charge in [0.25, 0.3) is 0 Å². The Kier molecular flexibility index (Phi) is 3.04. The lowest BCUT2D eigenvalue weighted by Gasteiger charge is -2.35. The Bertz CT molecular complexity index is 656. The number of rotatable bonds is 1. The highest BCUT2D eigenvalue weighted by Gasteiger charge is 2.32. The molecule has 0 spiro atoms. The summed E-state index contributed by atoms with van der Waals surface area (Å²) in [5, 5.41) is 5.07. The molecule has 0 bridgehead atoms. The molecule has 7 nitrogen and oxygen atoms in total. The first-order valence-electron chi connectivity index (χ1n) is 6.78. The van der Waals surface area contributed by atoms with Gasteiger partial charge in [-0.3, -0.25) is 19.7 Å². The van der Waals surface area contributed by atoms with Crippen LogP contribution in [0.2, 0.25) is 0 Å². The van der Waals surface area contributed by atoms with Crippen LogP contribution < -0.4 is 21.3 Å². The zero-order chi connectivity index (χ0) is 15.1. The summed E-state index contributed by atoms with van der Waals surface area (Å²) in [7, 11) is 0. The molecule has 1 saturated heterocycles. The fourth-order valence-electron chi connectivity index (χ4n) is 2.69. The molecule has 1 unspecified atom stereocenters. The van der Waals surface area contributed by atoms with E-state index in [4.69, 9.17) is 5.73 Å². The van der Waals surface area contributed by atoms with E-state index in [1.54, 1.807) is 17.9 Å². The number of nitrogens with zero attached hydrogens (tertiary/aromatic N) is 1. The van der Waals surface area contributed by atoms with Gasteiger partial charge in [0.2, 0.25) is 17.7 Å². The van der Waals surface area contributed by atoms with Crippen LogP contribution in [0.1, 0.15) is 18.9 Å². The summed E-state index contributed by atoms with van der Waals surface area (Å²) >= 11 is 0. The molecule has 1 atom stereocenters. The number of amides is 3. The van der Waals surface area contributed by atoms with Crippen LogP contribution in [0.15, 0.2) is 12.1 Å². The van der Waals surface area contributed by atoms with E-state index in [0.717, 1.165) is 5.56 Å². The molecule has 3 amide bonds. The van der Waals surface area contributed by atoms with Gasteiger partial charge in [0.05, 0.1) is 17.9 Å². The van der Waals surface area contributed by atoms with E-state index in [1.807, 2.05) is 6.07 Å². The first-order chi connectivity index (χ1) is 9.95. The first kappa shape index (κ1) is 13.4. The molecular weight excluding hydrogens is 272 g/mol. The predicted molar refractivity (Wildman–Crippen MR) is 77.8 cm³/mol. The van der Waals surface area contributed by atoms with Crippen LogP contribution in [0.25, 0.3) is 0 Å². The van der Waals surface area contributed by atoms with E-state index < -0.39 is 6.04 Å². The lowest BCUT2D eigenvalue weighted by molar-refractivity contribution is -0.132. The molecule has 7 heteroatoms. The molecule has 1 aromatic rings. The van der Waals surface area contributed by atoms with Gasteiger partial charge >= 0.3 is 0 Å². The maximum atomic E-state index is 11.8. The fourth-order valence-corrected chi connectivity index (χ4v) is 2.69. The molecule has 2 heterocycles. The van der Waals surface area contributed by atoms with Crippen LogP contribution in [-0.2, 0) is 20.8 Å². The first-order valence-corrected chi connectivity index (χ1v) is 6.78. The highest BCUT2D eigenvalue weighted by Crippen LogP contribution is 2.34. The van der Waals surface area contributed by atoms with Crippen molar-refractivity contribution < 1.29 is 14.4 Å². The molecule has 3 rings (SSSR count). The number of nitrogens with one attached hydrogen (secondary N) is 2. The van der Waals surface area contributed by atoms with Gasteiger partial charge in [0.1, 0.15) is 6.04 Å². The van der Waals surface area contributed by atoms with Crippen molar-refractivity contribution in [3.63, 3.8) is 0 Å². The largest absolute Gasteiger partial charge is 0.397 e. The zero-order valence-electron chi connectivity index (χ0n) is 11.6. The molecule has 4 N–H and O–H groups in total. The predicted octanol–water partition coefficient (Wildman–Crippen LogP) is 0.00480. The summed E-state index contributed by atoms with van der Waals surface area (Å²) in [6.45, 7) is 1.81. The third-order valence-electron chi connectivity index (χ3n) is 3.88. The van der Waals surface area contributed by atoms with E-state index in [0.29, 0.717) is 29.9 Å². The van der Waals surface area contributed by atoms with Crippen LogP contribution in [0.3, 0.4) is 0 Å². The maximum Gasteiger partial charge on any atom is 0.249 e. The van der Waals surface area contributed by atoms with Crippen molar-refractivity contribution in [2.45, 2.75) is 25.8 Å². The summed E-state index contributed by atoms with van der Waals surface area (Å²) < 4.78 is 0. The third-order valence-corrected chi connectivity index (χ3v) is 3.88. The number of piperazine rings is 1. The Morgan fingerprint density at radius 3 is 2.67 bits per heavy atom. The van der Waals surface area contributed by atoms with Crippen molar-refractivity contribution in [3.8, 4) is 0 Å². The number of hydrogen-bond acceptors (Lipinski definition) is 5. The fraction of sp³-hybridized carbons (Fsp3) is 0.357. The minimum absolute atomic E-state index is 0.0319. The molecule has 0 aromatic heterocycles. The molecule has 0 radical (unpaired) electrons. The topological polar surface area (TPSA) is 105 Å². The quantitative estimate of drug-likeness (QED) is 0.498. The minimum Gasteiger partial charge on any atom is -0.397 e. The van der Waals surface area contributed by atoms with Crippen molar-refractivity contribution in [2.75, 3.05) is 22.5 Å². The lowest BCUT2D eigenvalue weighted by atomic mass is 10.00. The van der Waals surface area contributed by atoms with Gasteiger partial charge in [-0.15, -0.1) is 0 Å². The Morgan fingerprint density at radius 2 is 1.90 bits per heavy atom. The van der Waals surface area contributed by atoms with Crippen LogP contribution in [0, 0.1) is 0 Å². The average Bonchev–Trinajstić information content (AvgIpc) is 2.42. The summed E-state index contributed by atoms with van der Waals surface area (Å²) in [5.74, 6) is -0.712. The molecule has 0 aliphatic carbocycles. The van der Waals surface area contributed by atoms with Gasteiger partial charge in [-0.2, -0.15) is 0 Å². The normalized spacial score (nSPS) is 21.7. The van der Waals surface area contributed by atoms with E-state index in [1.165, 1.54) is 0 Å². The Balaban J connectivity index is 2.00. The highest BCUT2D eigenvalue weighted by atomic mass is 16.2. The van der Waals surface area contributed by atoms with Gasteiger partial charge in [-0.1, -0.05) is 0 Å². The Labute approximate surface area is 121 Å². The number of anilines is 3. The zero-order valence-corrected chi connectivity index (χ0v) is 11.6. The molecule has 0 saturated carbocycles. The molecule has 1 fully saturated rings. The van der Waals surface area contributed by atoms with E-state index in [9.17, 15) is 14.4 Å². The monoisotopic (exact) mass is 288 g/mol. The van der Waals surface area contributed by atoms with Gasteiger partial charge in [-0.25, -0.2) is 0 Å². The second-order valence-corrected chi connectivity index (χ2v) is 5.33. The van der Waals surface area contributed by atoms with Gasteiger partial charge in [0, 0.05) is 12.1 Å². The number of carbonyl (C=O) groups excluding carboxylic acids is 3. The third kappa shape index (κ3) is 2.31. The van der Waals surface area contributed by atoms with Crippen molar-refractivity contribution in [1.82, 2.24) is 5.32 Å². The van der Waals surface area contributed by atoms with Gasteiger partial charge in [0.15, 0.2) is 0 Å². The van der Waals surface area contributed by atoms with E-state index >= 15 is 0 Å². The molecule has 110 valence electrons. The minimum atomic E-state index is -0.471. The van der Waals surface area contributed by atoms with Crippen LogP contribution in [0.5, 0.6) is 0 Å². The summed E-state index contributed by atoms with van der Waals surface area (Å²) in [6.07, 6.45) is 1.04. The number of nitrogen functional groups attached to an aromatic ring is 1. The number of hydrogen-bond donors (Lipinski definition) is 3. The maximum absolute atomic E-state index is 11.8. The molecule has 2 aliphatic rings. The van der Waals surface area contributed by atoms with Crippen molar-refractivity contribution in [1.29, 1.82) is 0 Å². The number of benzene rings is 1. The summed E-state index contributed by atoms with van der Waals surface area (Å²) in [5.41, 5.74) is 8.79. The molecular formula is C14H16N4O3. The van der Waals surface area contributed by atoms with Crippen LogP contribution in [-0.4, -0.2) is 30.3 Å². The standard InChI is InChI=1S/C14H16N4O3/c1-7-14(21)17-13(20)6-18(7)11-4-8-2-3-12(19)16-10(8)5-9(11)15/h4-5,7H,2-3,6,15H2,1H3,(H,16,19)(H,17,20,21). The molecule has 2 aliphatic heterocycles. The molecule has 21 heavy (non-hydrogen) atoms. The lowest BCUT2D eigenvalue weighted by Crippen LogP contribution is -2.57. The smallest absolute Gasteiger partial charge is 0.249 e. The second-order valence-electron chi connectivity index (χ2n) is 5.33. The number of fused-ring (bicyclic) bond motifs is 1.